The monoisotopic (exact) mass is 724 g/mol. The van der Waals surface area contributed by atoms with Crippen molar-refractivity contribution in [1.82, 2.24) is 19.5 Å². The highest BCUT2D eigenvalue weighted by atomic mass is 15.1. The first-order chi connectivity index (χ1) is 28.3. The Morgan fingerprint density at radius 3 is 1.58 bits per heavy atom. The summed E-state index contributed by atoms with van der Waals surface area (Å²) in [6.07, 6.45) is 0. The van der Waals surface area contributed by atoms with Gasteiger partial charge in [-0.1, -0.05) is 176 Å². The third kappa shape index (κ3) is 4.77. The molecule has 0 bridgehead atoms. The Morgan fingerprint density at radius 1 is 0.281 bits per heavy atom. The second-order valence-corrected chi connectivity index (χ2v) is 14.7. The highest BCUT2D eigenvalue weighted by Crippen LogP contribution is 2.50. The highest BCUT2D eigenvalue weighted by molar-refractivity contribution is 6.30. The van der Waals surface area contributed by atoms with Gasteiger partial charge in [-0.2, -0.15) is 0 Å². The molecule has 264 valence electrons. The SMILES string of the molecule is c1ccc(-c2nc(-c3ccccc3-c3ccccc3)nc(-c3ccc4ccccc4c3-n3c4cccc5c4c4c6c(cccc6ccc43)-c3ccccc3-5)n2)cc1. The summed E-state index contributed by atoms with van der Waals surface area (Å²) in [6, 6.07) is 69.1. The lowest BCUT2D eigenvalue weighted by molar-refractivity contribution is 1.07. The van der Waals surface area contributed by atoms with Crippen LogP contribution in [-0.2, 0) is 0 Å². The molecule has 2 heterocycles. The van der Waals surface area contributed by atoms with Crippen molar-refractivity contribution in [3.63, 3.8) is 0 Å². The maximum Gasteiger partial charge on any atom is 0.166 e. The van der Waals surface area contributed by atoms with Gasteiger partial charge in [0.1, 0.15) is 0 Å². The van der Waals surface area contributed by atoms with E-state index in [-0.39, 0.29) is 0 Å². The van der Waals surface area contributed by atoms with Crippen molar-refractivity contribution in [2.24, 2.45) is 0 Å². The van der Waals surface area contributed by atoms with Crippen molar-refractivity contribution in [2.75, 3.05) is 0 Å². The maximum absolute atomic E-state index is 5.41. The van der Waals surface area contributed by atoms with Gasteiger partial charge in [0.05, 0.1) is 16.7 Å². The van der Waals surface area contributed by atoms with E-state index in [2.05, 4.69) is 174 Å². The third-order valence-corrected chi connectivity index (χ3v) is 11.6. The van der Waals surface area contributed by atoms with Crippen LogP contribution < -0.4 is 0 Å². The van der Waals surface area contributed by atoms with Gasteiger partial charge in [-0.15, -0.1) is 0 Å². The summed E-state index contributed by atoms with van der Waals surface area (Å²) in [5.41, 5.74) is 13.3. The van der Waals surface area contributed by atoms with Crippen LogP contribution in [0.25, 0.3) is 117 Å². The number of hydrogen-bond donors (Lipinski definition) is 0. The van der Waals surface area contributed by atoms with Crippen molar-refractivity contribution in [3.8, 4) is 73.2 Å². The number of benzene rings is 9. The van der Waals surface area contributed by atoms with E-state index < -0.39 is 0 Å². The molecule has 4 nitrogen and oxygen atoms in total. The van der Waals surface area contributed by atoms with Gasteiger partial charge >= 0.3 is 0 Å². The number of aromatic nitrogens is 4. The van der Waals surface area contributed by atoms with Crippen molar-refractivity contribution in [1.29, 1.82) is 0 Å². The summed E-state index contributed by atoms with van der Waals surface area (Å²) >= 11 is 0. The van der Waals surface area contributed by atoms with Crippen molar-refractivity contribution in [3.05, 3.63) is 194 Å². The van der Waals surface area contributed by atoms with Crippen LogP contribution in [0, 0.1) is 0 Å². The lowest BCUT2D eigenvalue weighted by Gasteiger charge is -2.18. The van der Waals surface area contributed by atoms with Gasteiger partial charge in [0.15, 0.2) is 17.5 Å². The van der Waals surface area contributed by atoms with Gasteiger partial charge in [-0.3, -0.25) is 0 Å². The summed E-state index contributed by atoms with van der Waals surface area (Å²) in [7, 11) is 0. The molecule has 0 fully saturated rings. The van der Waals surface area contributed by atoms with Crippen molar-refractivity contribution in [2.45, 2.75) is 0 Å². The van der Waals surface area contributed by atoms with E-state index in [1.54, 1.807) is 0 Å². The minimum Gasteiger partial charge on any atom is -0.308 e. The Labute approximate surface area is 329 Å². The quantitative estimate of drug-likeness (QED) is 0.177. The standard InChI is InChI=1S/C53H32N4/c1-3-15-33(16-4-1)37-21-9-12-25-43(37)52-54-51(36-18-5-2-6-19-36)55-53(56-52)44-31-29-34-17-7-8-22-38(34)50(44)57-45-28-14-27-42-40-24-11-10-23-39(40)41-26-13-20-35-30-32-46(57)49(47(35)41)48(42)45/h1-32H. The predicted molar refractivity (Wildman–Crippen MR) is 235 cm³/mol. The number of fused-ring (bicyclic) bond motifs is 4. The lowest BCUT2D eigenvalue weighted by atomic mass is 9.93. The molecule has 0 radical (unpaired) electrons. The molecule has 0 amide bonds. The molecule has 0 saturated carbocycles. The van der Waals surface area contributed by atoms with Crippen LogP contribution in [0.4, 0.5) is 0 Å². The summed E-state index contributed by atoms with van der Waals surface area (Å²) in [5, 5.41) is 7.31. The molecule has 0 N–H and O–H groups in total. The van der Waals surface area contributed by atoms with E-state index in [0.717, 1.165) is 55.3 Å². The molecule has 0 unspecified atom stereocenters. The molecule has 0 spiro atoms. The lowest BCUT2D eigenvalue weighted by Crippen LogP contribution is -2.05. The summed E-state index contributed by atoms with van der Waals surface area (Å²) in [6.45, 7) is 0. The Balaban J connectivity index is 1.21. The first-order valence-corrected chi connectivity index (χ1v) is 19.4. The van der Waals surface area contributed by atoms with E-state index in [9.17, 15) is 0 Å². The smallest absolute Gasteiger partial charge is 0.166 e. The highest BCUT2D eigenvalue weighted by Gasteiger charge is 2.27. The summed E-state index contributed by atoms with van der Waals surface area (Å²) in [5.74, 6) is 1.87. The molecule has 0 saturated heterocycles. The zero-order valence-electron chi connectivity index (χ0n) is 30.8. The van der Waals surface area contributed by atoms with Crippen LogP contribution in [0.3, 0.4) is 0 Å². The zero-order chi connectivity index (χ0) is 37.5. The average Bonchev–Trinajstić information content (AvgIpc) is 3.56. The minimum absolute atomic E-state index is 0.618. The molecule has 2 aromatic heterocycles. The van der Waals surface area contributed by atoms with Crippen LogP contribution in [0.1, 0.15) is 0 Å². The van der Waals surface area contributed by atoms with E-state index in [4.69, 9.17) is 15.0 Å². The predicted octanol–water partition coefficient (Wildman–Crippen LogP) is 13.6. The van der Waals surface area contributed by atoms with Crippen LogP contribution in [-0.4, -0.2) is 19.5 Å². The molecule has 57 heavy (non-hydrogen) atoms. The van der Waals surface area contributed by atoms with Gasteiger partial charge in [0.2, 0.25) is 0 Å². The molecule has 9 aromatic carbocycles. The number of rotatable bonds is 5. The van der Waals surface area contributed by atoms with Crippen molar-refractivity contribution < 1.29 is 0 Å². The zero-order valence-corrected chi connectivity index (χ0v) is 30.8. The average molecular weight is 725 g/mol. The Kier molecular flexibility index (Phi) is 6.89. The first kappa shape index (κ1) is 31.6. The summed E-state index contributed by atoms with van der Waals surface area (Å²) < 4.78 is 2.47. The molecular weight excluding hydrogens is 693 g/mol. The molecule has 0 atom stereocenters. The number of nitrogens with zero attached hydrogens (tertiary/aromatic N) is 4. The fourth-order valence-corrected chi connectivity index (χ4v) is 9.13. The largest absolute Gasteiger partial charge is 0.308 e. The fraction of sp³-hybridized carbons (Fsp3) is 0. The molecular formula is C53H32N4. The molecule has 0 aliphatic heterocycles. The summed E-state index contributed by atoms with van der Waals surface area (Å²) in [4.78, 5) is 15.9. The Morgan fingerprint density at radius 2 is 0.807 bits per heavy atom. The van der Waals surface area contributed by atoms with E-state index in [0.29, 0.717) is 17.5 Å². The fourth-order valence-electron chi connectivity index (χ4n) is 9.13. The van der Waals surface area contributed by atoms with Gasteiger partial charge in [-0.25, -0.2) is 15.0 Å². The molecule has 1 aliphatic rings. The third-order valence-electron chi connectivity index (χ3n) is 11.6. The topological polar surface area (TPSA) is 43.6 Å². The van der Waals surface area contributed by atoms with Crippen LogP contribution >= 0.6 is 0 Å². The van der Waals surface area contributed by atoms with Gasteiger partial charge in [0.25, 0.3) is 0 Å². The van der Waals surface area contributed by atoms with E-state index in [1.165, 1.54) is 43.8 Å². The second kappa shape index (κ2) is 12.4. The van der Waals surface area contributed by atoms with Gasteiger partial charge in [-0.05, 0) is 67.7 Å². The molecule has 12 rings (SSSR count). The maximum atomic E-state index is 5.41. The van der Waals surface area contributed by atoms with Crippen LogP contribution in [0.2, 0.25) is 0 Å². The van der Waals surface area contributed by atoms with Gasteiger partial charge < -0.3 is 4.57 Å². The van der Waals surface area contributed by atoms with E-state index >= 15 is 0 Å². The van der Waals surface area contributed by atoms with Gasteiger partial charge in [0, 0.05) is 32.8 Å². The van der Waals surface area contributed by atoms with Crippen LogP contribution in [0.5, 0.6) is 0 Å². The molecule has 4 heteroatoms. The van der Waals surface area contributed by atoms with Crippen molar-refractivity contribution >= 4 is 43.4 Å². The van der Waals surface area contributed by atoms with Crippen LogP contribution in [0.15, 0.2) is 194 Å². The Bertz CT molecular complexity index is 3400. The van der Waals surface area contributed by atoms with E-state index in [1.807, 2.05) is 24.3 Å². The Hall–Kier alpha value is -7.69. The normalized spacial score (nSPS) is 11.9. The molecule has 11 aromatic rings. The number of hydrogen-bond acceptors (Lipinski definition) is 3. The minimum atomic E-state index is 0.618. The molecule has 1 aliphatic carbocycles. The second-order valence-electron chi connectivity index (χ2n) is 14.7. The first-order valence-electron chi connectivity index (χ1n) is 19.4.